The van der Waals surface area contributed by atoms with E-state index in [0.29, 0.717) is 0 Å². The lowest BCUT2D eigenvalue weighted by atomic mass is 10.0. The molecule has 0 radical (unpaired) electrons. The van der Waals surface area contributed by atoms with Crippen molar-refractivity contribution in [1.29, 1.82) is 0 Å². The summed E-state index contributed by atoms with van der Waals surface area (Å²) >= 11 is 0. The Kier molecular flexibility index (Phi) is 12.1. The number of hydrogen-bond donors (Lipinski definition) is 1. The van der Waals surface area contributed by atoms with E-state index in [4.69, 9.17) is 5.73 Å². The molecule has 0 aliphatic carbocycles. The van der Waals surface area contributed by atoms with Crippen LogP contribution in [0, 0.1) is 0 Å². The van der Waals surface area contributed by atoms with Crippen molar-refractivity contribution < 1.29 is 4.58 Å². The molecule has 1 aliphatic rings. The van der Waals surface area contributed by atoms with Gasteiger partial charge in [0.2, 0.25) is 0 Å². The van der Waals surface area contributed by atoms with Crippen molar-refractivity contribution >= 4 is 5.96 Å². The fourth-order valence-corrected chi connectivity index (χ4v) is 3.46. The van der Waals surface area contributed by atoms with Crippen molar-refractivity contribution in [3.8, 4) is 0 Å². The molecule has 0 aromatic heterocycles. The quantitative estimate of drug-likeness (QED) is 0.348. The van der Waals surface area contributed by atoms with E-state index in [-0.39, 0.29) is 0 Å². The molecule has 0 aromatic carbocycles. The van der Waals surface area contributed by atoms with Crippen LogP contribution >= 0.6 is 0 Å². The summed E-state index contributed by atoms with van der Waals surface area (Å²) in [5, 5.41) is 0. The van der Waals surface area contributed by atoms with E-state index in [1.54, 1.807) is 0 Å². The average Bonchev–Trinajstić information content (AvgIpc) is 2.87. The minimum Gasteiger partial charge on any atom is -0.291 e. The van der Waals surface area contributed by atoms with Crippen LogP contribution in [0.5, 0.6) is 0 Å². The van der Waals surface area contributed by atoms with Gasteiger partial charge in [-0.05, 0) is 6.42 Å². The minimum absolute atomic E-state index is 0.972. The summed E-state index contributed by atoms with van der Waals surface area (Å²) in [5.41, 5.74) is 6.05. The van der Waals surface area contributed by atoms with Crippen molar-refractivity contribution in [2.24, 2.45) is 5.73 Å². The zero-order chi connectivity index (χ0) is 16.8. The third-order valence-electron chi connectivity index (χ3n) is 5.20. The summed E-state index contributed by atoms with van der Waals surface area (Å²) in [5.74, 6) is 0.972. The molecular formula is C20H42N3+. The van der Waals surface area contributed by atoms with Crippen LogP contribution < -0.4 is 5.73 Å². The highest BCUT2D eigenvalue weighted by atomic mass is 15.3. The second kappa shape index (κ2) is 13.7. The van der Waals surface area contributed by atoms with Crippen LogP contribution in [0.15, 0.2) is 0 Å². The van der Waals surface area contributed by atoms with Crippen LogP contribution in [-0.2, 0) is 0 Å². The largest absolute Gasteiger partial charge is 0.345 e. The molecule has 0 bridgehead atoms. The summed E-state index contributed by atoms with van der Waals surface area (Å²) in [7, 11) is 2.08. The van der Waals surface area contributed by atoms with E-state index in [2.05, 4.69) is 23.4 Å². The van der Waals surface area contributed by atoms with Gasteiger partial charge in [0.1, 0.15) is 0 Å². The van der Waals surface area contributed by atoms with Gasteiger partial charge in [-0.1, -0.05) is 90.4 Å². The predicted molar refractivity (Wildman–Crippen MR) is 102 cm³/mol. The molecule has 23 heavy (non-hydrogen) atoms. The van der Waals surface area contributed by atoms with Crippen LogP contribution in [0.2, 0.25) is 0 Å². The molecule has 1 rings (SSSR count). The standard InChI is InChI=1S/C20H41N3/c1-3-4-5-6-7-8-9-10-11-12-13-14-15-16-17-23-19-18-22(2)20(23)21/h21H,3-19H2,1-2H3/p+1. The fourth-order valence-electron chi connectivity index (χ4n) is 3.46. The molecule has 1 aliphatic heterocycles. The van der Waals surface area contributed by atoms with Crippen molar-refractivity contribution in [2.45, 2.75) is 96.8 Å². The topological polar surface area (TPSA) is 32.3 Å². The highest BCUT2D eigenvalue weighted by Crippen LogP contribution is 2.13. The van der Waals surface area contributed by atoms with Gasteiger partial charge in [0.25, 0.3) is 0 Å². The highest BCUT2D eigenvalue weighted by molar-refractivity contribution is 5.73. The van der Waals surface area contributed by atoms with Crippen LogP contribution in [0.1, 0.15) is 96.8 Å². The lowest BCUT2D eigenvalue weighted by Crippen LogP contribution is -2.36. The second-order valence-corrected chi connectivity index (χ2v) is 7.36. The molecule has 0 unspecified atom stereocenters. The molecule has 3 heteroatoms. The average molecular weight is 325 g/mol. The number of nitrogens with zero attached hydrogens (tertiary/aromatic N) is 2. The zero-order valence-corrected chi connectivity index (χ0v) is 16.0. The second-order valence-electron chi connectivity index (χ2n) is 7.36. The van der Waals surface area contributed by atoms with Crippen molar-refractivity contribution in [3.63, 3.8) is 0 Å². The van der Waals surface area contributed by atoms with Gasteiger partial charge in [0.05, 0.1) is 26.7 Å². The molecule has 0 aromatic rings. The lowest BCUT2D eigenvalue weighted by Gasteiger charge is -2.10. The number of unbranched alkanes of at least 4 members (excludes halogenated alkanes) is 13. The normalized spacial score (nSPS) is 15.0. The SMILES string of the molecule is CCCCCCCCCCCCCCCCN1CC[N+](C)=C1N. The molecular weight excluding hydrogens is 282 g/mol. The molecule has 0 atom stereocenters. The number of likely N-dealkylation sites (N-methyl/N-ethyl adjacent to an activating group) is 1. The number of nitrogens with two attached hydrogens (primary N) is 1. The third kappa shape index (κ3) is 9.88. The zero-order valence-electron chi connectivity index (χ0n) is 16.0. The Hall–Kier alpha value is -0.730. The van der Waals surface area contributed by atoms with Crippen molar-refractivity contribution in [3.05, 3.63) is 0 Å². The molecule has 0 amide bonds. The Labute approximate surface area is 145 Å². The van der Waals surface area contributed by atoms with Gasteiger partial charge in [-0.3, -0.25) is 15.2 Å². The van der Waals surface area contributed by atoms with Gasteiger partial charge in [0, 0.05) is 0 Å². The molecule has 0 saturated carbocycles. The maximum absolute atomic E-state index is 6.05. The molecule has 0 spiro atoms. The van der Waals surface area contributed by atoms with Gasteiger partial charge in [0.15, 0.2) is 0 Å². The molecule has 136 valence electrons. The fraction of sp³-hybridized carbons (Fsp3) is 0.950. The third-order valence-corrected chi connectivity index (χ3v) is 5.20. The Bertz CT molecular complexity index is 312. The number of guanidine groups is 1. The van der Waals surface area contributed by atoms with Gasteiger partial charge in [-0.2, -0.15) is 0 Å². The van der Waals surface area contributed by atoms with E-state index in [1.165, 1.54) is 89.9 Å². The number of hydrogen-bond acceptors (Lipinski definition) is 2. The minimum atomic E-state index is 0.972. The summed E-state index contributed by atoms with van der Waals surface area (Å²) < 4.78 is 2.16. The van der Waals surface area contributed by atoms with Crippen LogP contribution in [0.3, 0.4) is 0 Å². The predicted octanol–water partition coefficient (Wildman–Crippen LogP) is 4.74. The molecule has 3 nitrogen and oxygen atoms in total. The maximum atomic E-state index is 6.05. The number of rotatable bonds is 15. The first-order valence-corrected chi connectivity index (χ1v) is 10.3. The van der Waals surface area contributed by atoms with Gasteiger partial charge < -0.3 is 0 Å². The van der Waals surface area contributed by atoms with Gasteiger partial charge >= 0.3 is 5.96 Å². The van der Waals surface area contributed by atoms with Crippen LogP contribution in [-0.4, -0.2) is 42.1 Å². The summed E-state index contributed by atoms with van der Waals surface area (Å²) in [6.07, 6.45) is 19.9. The Morgan fingerprint density at radius 3 is 1.61 bits per heavy atom. The Balaban J connectivity index is 1.75. The maximum Gasteiger partial charge on any atom is 0.345 e. The Morgan fingerprint density at radius 1 is 0.783 bits per heavy atom. The van der Waals surface area contributed by atoms with Crippen molar-refractivity contribution in [1.82, 2.24) is 4.90 Å². The smallest absolute Gasteiger partial charge is 0.291 e. The lowest BCUT2D eigenvalue weighted by molar-refractivity contribution is -0.487. The van der Waals surface area contributed by atoms with Crippen LogP contribution in [0.4, 0.5) is 0 Å². The summed E-state index contributed by atoms with van der Waals surface area (Å²) in [6.45, 7) is 5.64. The Morgan fingerprint density at radius 2 is 1.22 bits per heavy atom. The molecule has 1 heterocycles. The monoisotopic (exact) mass is 324 g/mol. The van der Waals surface area contributed by atoms with Gasteiger partial charge in [-0.15, -0.1) is 0 Å². The molecule has 2 N–H and O–H groups in total. The van der Waals surface area contributed by atoms with E-state index < -0.39 is 0 Å². The first-order chi connectivity index (χ1) is 11.3. The van der Waals surface area contributed by atoms with E-state index in [1.807, 2.05) is 0 Å². The van der Waals surface area contributed by atoms with Gasteiger partial charge in [-0.25, -0.2) is 0 Å². The van der Waals surface area contributed by atoms with Crippen LogP contribution in [0.25, 0.3) is 0 Å². The first-order valence-electron chi connectivity index (χ1n) is 10.3. The van der Waals surface area contributed by atoms with Crippen molar-refractivity contribution in [2.75, 3.05) is 26.7 Å². The first kappa shape index (κ1) is 20.3. The molecule has 0 saturated heterocycles. The summed E-state index contributed by atoms with van der Waals surface area (Å²) in [4.78, 5) is 2.33. The van der Waals surface area contributed by atoms with E-state index >= 15 is 0 Å². The van der Waals surface area contributed by atoms with E-state index in [9.17, 15) is 0 Å². The van der Waals surface area contributed by atoms with E-state index in [0.717, 1.165) is 25.6 Å². The molecule has 0 fully saturated rings. The highest BCUT2D eigenvalue weighted by Gasteiger charge is 2.22. The summed E-state index contributed by atoms with van der Waals surface area (Å²) in [6, 6.07) is 0.